The van der Waals surface area contributed by atoms with Crippen molar-refractivity contribution >= 4 is 5.82 Å². The van der Waals surface area contributed by atoms with E-state index in [2.05, 4.69) is 29.1 Å². The van der Waals surface area contributed by atoms with E-state index in [1.807, 2.05) is 0 Å². The topological polar surface area (TPSA) is 67.0 Å². The molecule has 5 heteroatoms. The van der Waals surface area contributed by atoms with Crippen LogP contribution < -0.4 is 15.6 Å². The molecule has 1 aromatic rings. The van der Waals surface area contributed by atoms with Gasteiger partial charge in [0.25, 0.3) is 5.56 Å². The van der Waals surface area contributed by atoms with Crippen molar-refractivity contribution in [1.29, 1.82) is 0 Å². The summed E-state index contributed by atoms with van der Waals surface area (Å²) in [7, 11) is 1.47. The maximum atomic E-state index is 11.5. The third-order valence-electron chi connectivity index (χ3n) is 2.64. The molecule has 2 N–H and O–H groups in total. The second kappa shape index (κ2) is 6.93. The molecule has 1 heterocycles. The number of hydrogen-bond donors (Lipinski definition) is 2. The molecule has 17 heavy (non-hydrogen) atoms. The Balaban J connectivity index is 2.61. The van der Waals surface area contributed by atoms with E-state index < -0.39 is 0 Å². The highest BCUT2D eigenvalue weighted by Crippen LogP contribution is 2.17. The van der Waals surface area contributed by atoms with Crippen LogP contribution in [0.1, 0.15) is 39.5 Å². The van der Waals surface area contributed by atoms with Crippen LogP contribution in [0.4, 0.5) is 5.82 Å². The molecule has 0 aromatic carbocycles. The van der Waals surface area contributed by atoms with E-state index in [1.54, 1.807) is 0 Å². The van der Waals surface area contributed by atoms with Crippen LogP contribution in [0.5, 0.6) is 5.75 Å². The number of nitrogens with one attached hydrogen (secondary N) is 2. The Morgan fingerprint density at radius 2 is 2.29 bits per heavy atom. The maximum absolute atomic E-state index is 11.5. The highest BCUT2D eigenvalue weighted by molar-refractivity contribution is 5.48. The number of nitrogens with zero attached hydrogens (tertiary/aromatic N) is 1. The molecule has 0 amide bonds. The number of aromatic amines is 1. The summed E-state index contributed by atoms with van der Waals surface area (Å²) in [4.78, 5) is 18.0. The monoisotopic (exact) mass is 239 g/mol. The van der Waals surface area contributed by atoms with Crippen molar-refractivity contribution in [3.63, 3.8) is 0 Å². The predicted molar refractivity (Wildman–Crippen MR) is 68.6 cm³/mol. The van der Waals surface area contributed by atoms with Gasteiger partial charge in [-0.2, -0.15) is 0 Å². The molecule has 0 spiro atoms. The molecule has 0 aliphatic carbocycles. The van der Waals surface area contributed by atoms with Gasteiger partial charge in [0.1, 0.15) is 0 Å². The molecule has 1 rings (SSSR count). The summed E-state index contributed by atoms with van der Waals surface area (Å²) in [5.74, 6) is 0.759. The molecule has 0 bridgehead atoms. The molecule has 0 aliphatic heterocycles. The Morgan fingerprint density at radius 1 is 1.53 bits per heavy atom. The minimum Gasteiger partial charge on any atom is -0.489 e. The van der Waals surface area contributed by atoms with Gasteiger partial charge in [0.2, 0.25) is 5.75 Å². The smallest absolute Gasteiger partial charge is 0.295 e. The lowest BCUT2D eigenvalue weighted by atomic mass is 10.1. The van der Waals surface area contributed by atoms with Crippen molar-refractivity contribution in [3.8, 4) is 5.75 Å². The molecular formula is C12H21N3O2. The van der Waals surface area contributed by atoms with Gasteiger partial charge in [-0.05, 0) is 13.3 Å². The van der Waals surface area contributed by atoms with Crippen molar-refractivity contribution < 1.29 is 4.74 Å². The third kappa shape index (κ3) is 4.09. The maximum Gasteiger partial charge on any atom is 0.295 e. The van der Waals surface area contributed by atoms with Crippen LogP contribution in [0.15, 0.2) is 11.1 Å². The fourth-order valence-corrected chi connectivity index (χ4v) is 1.69. The third-order valence-corrected chi connectivity index (χ3v) is 2.64. The summed E-state index contributed by atoms with van der Waals surface area (Å²) in [5.41, 5.74) is -0.259. The minimum atomic E-state index is -0.259. The molecule has 0 fully saturated rings. The van der Waals surface area contributed by atoms with Crippen molar-refractivity contribution in [3.05, 3.63) is 16.7 Å². The summed E-state index contributed by atoms with van der Waals surface area (Å²) >= 11 is 0. The van der Waals surface area contributed by atoms with Crippen LogP contribution in [0.2, 0.25) is 0 Å². The number of anilines is 1. The molecule has 1 unspecified atom stereocenters. The normalized spacial score (nSPS) is 12.2. The van der Waals surface area contributed by atoms with Crippen molar-refractivity contribution in [2.45, 2.75) is 45.6 Å². The minimum absolute atomic E-state index is 0.245. The average molecular weight is 239 g/mol. The summed E-state index contributed by atoms with van der Waals surface area (Å²) in [6.45, 7) is 4.26. The van der Waals surface area contributed by atoms with Gasteiger partial charge in [-0.25, -0.2) is 4.98 Å². The predicted octanol–water partition coefficient (Wildman–Crippen LogP) is 2.16. The SMILES string of the molecule is CCCCCC(C)Nc1nc[nH]c(=O)c1OC. The van der Waals surface area contributed by atoms with E-state index in [1.165, 1.54) is 32.7 Å². The standard InChI is InChI=1S/C12H21N3O2/c1-4-5-6-7-9(2)15-11-10(17-3)12(16)14-8-13-11/h8-9H,4-7H2,1-3H3,(H2,13,14,15,16). The first-order valence-electron chi connectivity index (χ1n) is 6.07. The van der Waals surface area contributed by atoms with E-state index in [9.17, 15) is 4.79 Å². The molecule has 96 valence electrons. The zero-order valence-corrected chi connectivity index (χ0v) is 10.7. The van der Waals surface area contributed by atoms with Gasteiger partial charge in [0.15, 0.2) is 5.82 Å². The number of unbranched alkanes of at least 4 members (excludes halogenated alkanes) is 2. The number of H-pyrrole nitrogens is 1. The Kier molecular flexibility index (Phi) is 5.52. The Bertz CT molecular complexity index is 390. The molecule has 1 aromatic heterocycles. The van der Waals surface area contributed by atoms with Crippen LogP contribution in [0.3, 0.4) is 0 Å². The van der Waals surface area contributed by atoms with E-state index in [4.69, 9.17) is 4.74 Å². The first-order valence-corrected chi connectivity index (χ1v) is 6.07. The Labute approximate surface area is 102 Å². The highest BCUT2D eigenvalue weighted by Gasteiger charge is 2.11. The molecular weight excluding hydrogens is 218 g/mol. The number of rotatable bonds is 7. The number of methoxy groups -OCH3 is 1. The summed E-state index contributed by atoms with van der Waals surface area (Å²) in [5, 5.41) is 3.21. The van der Waals surface area contributed by atoms with Gasteiger partial charge in [-0.15, -0.1) is 0 Å². The van der Waals surface area contributed by atoms with Crippen molar-refractivity contribution in [2.24, 2.45) is 0 Å². The van der Waals surface area contributed by atoms with Gasteiger partial charge < -0.3 is 15.0 Å². The van der Waals surface area contributed by atoms with E-state index in [0.29, 0.717) is 5.82 Å². The van der Waals surface area contributed by atoms with Gasteiger partial charge in [0, 0.05) is 6.04 Å². The van der Waals surface area contributed by atoms with E-state index >= 15 is 0 Å². The van der Waals surface area contributed by atoms with Gasteiger partial charge >= 0.3 is 0 Å². The van der Waals surface area contributed by atoms with E-state index in [0.717, 1.165) is 6.42 Å². The first kappa shape index (κ1) is 13.5. The first-order chi connectivity index (χ1) is 8.19. The fourth-order valence-electron chi connectivity index (χ4n) is 1.69. The lowest BCUT2D eigenvalue weighted by Crippen LogP contribution is -2.20. The summed E-state index contributed by atoms with van der Waals surface area (Å²) in [6, 6.07) is 0.282. The van der Waals surface area contributed by atoms with E-state index in [-0.39, 0.29) is 17.4 Å². The molecule has 0 saturated carbocycles. The van der Waals surface area contributed by atoms with Crippen LogP contribution in [0, 0.1) is 0 Å². The number of hydrogen-bond acceptors (Lipinski definition) is 4. The van der Waals surface area contributed by atoms with Crippen molar-refractivity contribution in [1.82, 2.24) is 9.97 Å². The molecule has 1 atom stereocenters. The number of ether oxygens (including phenoxy) is 1. The molecule has 0 radical (unpaired) electrons. The summed E-state index contributed by atoms with van der Waals surface area (Å²) in [6.07, 6.45) is 6.05. The van der Waals surface area contributed by atoms with Crippen LogP contribution >= 0.6 is 0 Å². The zero-order chi connectivity index (χ0) is 12.7. The fraction of sp³-hybridized carbons (Fsp3) is 0.667. The largest absolute Gasteiger partial charge is 0.489 e. The summed E-state index contributed by atoms with van der Waals surface area (Å²) < 4.78 is 5.03. The van der Waals surface area contributed by atoms with Crippen LogP contribution in [-0.4, -0.2) is 23.1 Å². The van der Waals surface area contributed by atoms with Crippen molar-refractivity contribution in [2.75, 3.05) is 12.4 Å². The lowest BCUT2D eigenvalue weighted by molar-refractivity contribution is 0.407. The zero-order valence-electron chi connectivity index (χ0n) is 10.7. The highest BCUT2D eigenvalue weighted by atomic mass is 16.5. The van der Waals surface area contributed by atoms with Gasteiger partial charge in [0.05, 0.1) is 13.4 Å². The molecule has 0 aliphatic rings. The second-order valence-corrected chi connectivity index (χ2v) is 4.15. The average Bonchev–Trinajstić information content (AvgIpc) is 2.29. The van der Waals surface area contributed by atoms with Crippen LogP contribution in [-0.2, 0) is 0 Å². The second-order valence-electron chi connectivity index (χ2n) is 4.15. The van der Waals surface area contributed by atoms with Gasteiger partial charge in [-0.1, -0.05) is 26.2 Å². The van der Waals surface area contributed by atoms with Crippen LogP contribution in [0.25, 0.3) is 0 Å². The van der Waals surface area contributed by atoms with Gasteiger partial charge in [-0.3, -0.25) is 4.79 Å². The number of aromatic nitrogens is 2. The molecule has 0 saturated heterocycles. The Hall–Kier alpha value is -1.52. The molecule has 5 nitrogen and oxygen atoms in total. The lowest BCUT2D eigenvalue weighted by Gasteiger charge is -2.15. The Morgan fingerprint density at radius 3 is 2.94 bits per heavy atom. The quantitative estimate of drug-likeness (QED) is 0.715.